The van der Waals surface area contributed by atoms with Crippen molar-refractivity contribution in [2.75, 3.05) is 28.3 Å². The minimum Gasteiger partial charge on any atom is -0.496 e. The molecule has 0 unspecified atom stereocenters. The molecule has 0 bridgehead atoms. The van der Waals surface area contributed by atoms with E-state index in [0.717, 1.165) is 44.9 Å². The van der Waals surface area contributed by atoms with E-state index in [1.165, 1.54) is 0 Å². The van der Waals surface area contributed by atoms with Gasteiger partial charge in [0.25, 0.3) is 0 Å². The molecule has 4 aromatic carbocycles. The zero-order valence-electron chi connectivity index (χ0n) is 20.8. The Morgan fingerprint density at radius 1 is 0.500 bits per heavy atom. The van der Waals surface area contributed by atoms with Crippen LogP contribution in [0, 0.1) is 0 Å². The first kappa shape index (κ1) is 24.5. The van der Waals surface area contributed by atoms with Gasteiger partial charge in [0.1, 0.15) is 11.5 Å². The van der Waals surface area contributed by atoms with Crippen LogP contribution in [0.1, 0.15) is 11.1 Å². The lowest BCUT2D eigenvalue weighted by atomic mass is 9.97. The molecule has 0 saturated carbocycles. The van der Waals surface area contributed by atoms with Crippen LogP contribution in [0.2, 0.25) is 0 Å². The third-order valence-corrected chi connectivity index (χ3v) is 5.74. The first-order valence-corrected chi connectivity index (χ1v) is 11.5. The molecule has 4 aromatic rings. The average Bonchev–Trinajstić information content (AvgIpc) is 2.93. The molecular weight excluding hydrogens is 448 g/mol. The van der Waals surface area contributed by atoms with Crippen molar-refractivity contribution in [2.45, 2.75) is 0 Å². The predicted molar refractivity (Wildman–Crippen MR) is 148 cm³/mol. The molecule has 0 aliphatic carbocycles. The number of benzene rings is 4. The Balaban J connectivity index is 1.84. The van der Waals surface area contributed by atoms with Crippen LogP contribution in [0.3, 0.4) is 0 Å². The summed E-state index contributed by atoms with van der Waals surface area (Å²) in [7, 11) is 6.82. The van der Waals surface area contributed by atoms with Crippen molar-refractivity contribution in [2.24, 2.45) is 20.2 Å². The number of aliphatic imine (C=N–C) groups is 2. The Hall–Kier alpha value is -4.58. The molecule has 36 heavy (non-hydrogen) atoms. The Morgan fingerprint density at radius 3 is 1.28 bits per heavy atom. The Bertz CT molecular complexity index is 1330. The molecule has 0 aliphatic heterocycles. The smallest absolute Gasteiger partial charge is 0.126 e. The van der Waals surface area contributed by atoms with Crippen LogP contribution < -0.4 is 9.47 Å². The number of hydrogen-bond donors (Lipinski definition) is 0. The van der Waals surface area contributed by atoms with Gasteiger partial charge in [-0.3, -0.25) is 9.98 Å². The SMILES string of the molecule is C/N=C/c1c(/N=N/c2cccc(-c3ccccc3OC)c2/C=N/C)cccc1-c1ccccc1OC. The minimum atomic E-state index is 0.700. The van der Waals surface area contributed by atoms with Gasteiger partial charge in [-0.1, -0.05) is 60.7 Å². The summed E-state index contributed by atoms with van der Waals surface area (Å²) < 4.78 is 11.2. The van der Waals surface area contributed by atoms with Crippen LogP contribution in [-0.2, 0) is 0 Å². The molecule has 6 heteroatoms. The van der Waals surface area contributed by atoms with E-state index >= 15 is 0 Å². The van der Waals surface area contributed by atoms with Crippen molar-refractivity contribution in [3.8, 4) is 33.8 Å². The first-order chi connectivity index (χ1) is 17.7. The molecule has 0 heterocycles. The number of hydrogen-bond acceptors (Lipinski definition) is 6. The lowest BCUT2D eigenvalue weighted by Gasteiger charge is -2.13. The van der Waals surface area contributed by atoms with E-state index in [1.54, 1.807) is 40.7 Å². The first-order valence-electron chi connectivity index (χ1n) is 11.5. The van der Waals surface area contributed by atoms with Gasteiger partial charge in [-0.25, -0.2) is 0 Å². The Labute approximate surface area is 211 Å². The zero-order valence-corrected chi connectivity index (χ0v) is 20.8. The van der Waals surface area contributed by atoms with Gasteiger partial charge < -0.3 is 9.47 Å². The number of para-hydroxylation sites is 2. The van der Waals surface area contributed by atoms with Crippen LogP contribution in [0.15, 0.2) is 105 Å². The highest BCUT2D eigenvalue weighted by Gasteiger charge is 2.14. The van der Waals surface area contributed by atoms with Crippen molar-refractivity contribution >= 4 is 23.8 Å². The fraction of sp³-hybridized carbons (Fsp3) is 0.133. The largest absolute Gasteiger partial charge is 0.496 e. The second-order valence-corrected chi connectivity index (χ2v) is 7.85. The summed E-state index contributed by atoms with van der Waals surface area (Å²) in [4.78, 5) is 8.56. The van der Waals surface area contributed by atoms with Gasteiger partial charge in [-0.2, -0.15) is 0 Å². The third kappa shape index (κ3) is 5.08. The third-order valence-electron chi connectivity index (χ3n) is 5.74. The van der Waals surface area contributed by atoms with E-state index < -0.39 is 0 Å². The van der Waals surface area contributed by atoms with Crippen LogP contribution in [0.25, 0.3) is 22.3 Å². The second-order valence-electron chi connectivity index (χ2n) is 7.85. The number of ether oxygens (including phenoxy) is 2. The van der Waals surface area contributed by atoms with Crippen molar-refractivity contribution in [3.05, 3.63) is 96.1 Å². The summed E-state index contributed by atoms with van der Waals surface area (Å²) in [6.45, 7) is 0. The molecule has 6 nitrogen and oxygen atoms in total. The van der Waals surface area contributed by atoms with Crippen molar-refractivity contribution in [3.63, 3.8) is 0 Å². The topological polar surface area (TPSA) is 67.9 Å². The number of rotatable bonds is 8. The van der Waals surface area contributed by atoms with Crippen molar-refractivity contribution < 1.29 is 9.47 Å². The lowest BCUT2D eigenvalue weighted by molar-refractivity contribution is 0.416. The monoisotopic (exact) mass is 476 g/mol. The highest BCUT2D eigenvalue weighted by Crippen LogP contribution is 2.38. The highest BCUT2D eigenvalue weighted by molar-refractivity contribution is 5.98. The summed E-state index contributed by atoms with van der Waals surface area (Å²) in [6, 6.07) is 27.6. The quantitative estimate of drug-likeness (QED) is 0.195. The number of azo groups is 1. The van der Waals surface area contributed by atoms with Crippen LogP contribution in [0.5, 0.6) is 11.5 Å². The molecule has 0 fully saturated rings. The Morgan fingerprint density at radius 2 is 0.889 bits per heavy atom. The average molecular weight is 477 g/mol. The fourth-order valence-corrected chi connectivity index (χ4v) is 4.12. The van der Waals surface area contributed by atoms with Gasteiger partial charge in [0.15, 0.2) is 0 Å². The maximum atomic E-state index is 5.60. The molecule has 4 rings (SSSR count). The molecular formula is C30H28N4O2. The minimum absolute atomic E-state index is 0.700. The highest BCUT2D eigenvalue weighted by atomic mass is 16.5. The molecule has 0 spiro atoms. The molecule has 0 aromatic heterocycles. The van der Waals surface area contributed by atoms with E-state index in [2.05, 4.69) is 20.2 Å². The van der Waals surface area contributed by atoms with E-state index in [0.29, 0.717) is 11.4 Å². The second kappa shape index (κ2) is 11.7. The molecule has 0 radical (unpaired) electrons. The van der Waals surface area contributed by atoms with Gasteiger partial charge in [-0.15, -0.1) is 10.2 Å². The van der Waals surface area contributed by atoms with Crippen molar-refractivity contribution in [1.82, 2.24) is 0 Å². The van der Waals surface area contributed by atoms with E-state index in [-0.39, 0.29) is 0 Å². The molecule has 0 amide bonds. The summed E-state index contributed by atoms with van der Waals surface area (Å²) in [5, 5.41) is 9.31. The van der Waals surface area contributed by atoms with E-state index in [9.17, 15) is 0 Å². The van der Waals surface area contributed by atoms with Crippen molar-refractivity contribution in [1.29, 1.82) is 0 Å². The van der Waals surface area contributed by atoms with Gasteiger partial charge in [0.05, 0.1) is 25.6 Å². The standard InChI is InChI=1S/C30H28N4O2/c1-31-19-25-21(23-11-5-7-17-29(23)35-3)13-9-15-27(25)33-34-28-16-10-14-22(26(28)20-32-2)24-12-6-8-18-30(24)36-4/h5-20H,1-4H3/b31-19+,32-20+,34-33+. The maximum absolute atomic E-state index is 5.60. The lowest BCUT2D eigenvalue weighted by Crippen LogP contribution is -1.93. The van der Waals surface area contributed by atoms with E-state index in [1.807, 2.05) is 84.9 Å². The summed E-state index contributed by atoms with van der Waals surface area (Å²) >= 11 is 0. The number of nitrogens with zero attached hydrogens (tertiary/aromatic N) is 4. The molecule has 180 valence electrons. The van der Waals surface area contributed by atoms with E-state index in [4.69, 9.17) is 9.47 Å². The zero-order chi connectivity index (χ0) is 25.3. The summed E-state index contributed by atoms with van der Waals surface area (Å²) in [5.41, 5.74) is 6.98. The van der Waals surface area contributed by atoms with Gasteiger partial charge in [0, 0.05) is 48.8 Å². The summed E-state index contributed by atoms with van der Waals surface area (Å²) in [5.74, 6) is 1.56. The van der Waals surface area contributed by atoms with Gasteiger partial charge in [0.2, 0.25) is 0 Å². The molecule has 0 aliphatic rings. The number of methoxy groups -OCH3 is 2. The van der Waals surface area contributed by atoms with Gasteiger partial charge >= 0.3 is 0 Å². The molecule has 0 atom stereocenters. The molecule has 0 N–H and O–H groups in total. The maximum Gasteiger partial charge on any atom is 0.126 e. The van der Waals surface area contributed by atoms with Crippen LogP contribution in [-0.4, -0.2) is 40.7 Å². The van der Waals surface area contributed by atoms with Gasteiger partial charge in [-0.05, 0) is 35.4 Å². The van der Waals surface area contributed by atoms with Crippen LogP contribution in [0.4, 0.5) is 11.4 Å². The van der Waals surface area contributed by atoms with Crippen LogP contribution >= 0.6 is 0 Å². The normalized spacial score (nSPS) is 11.6. The fourth-order valence-electron chi connectivity index (χ4n) is 4.12. The predicted octanol–water partition coefficient (Wildman–Crippen LogP) is 7.55. The molecule has 0 saturated heterocycles. The Kier molecular flexibility index (Phi) is 7.98. The summed E-state index contributed by atoms with van der Waals surface area (Å²) in [6.07, 6.45) is 3.60.